The minimum absolute atomic E-state index is 0. The summed E-state index contributed by atoms with van der Waals surface area (Å²) in [6, 6.07) is 5.33. The van der Waals surface area contributed by atoms with Crippen LogP contribution >= 0.6 is 24.0 Å². The van der Waals surface area contributed by atoms with Crippen molar-refractivity contribution in [1.29, 1.82) is 0 Å². The van der Waals surface area contributed by atoms with Crippen molar-refractivity contribution in [1.82, 2.24) is 10.2 Å². The second-order valence-electron chi connectivity index (χ2n) is 5.70. The quantitative estimate of drug-likeness (QED) is 0.364. The number of aromatic hydroxyl groups is 1. The molecule has 0 atom stereocenters. The van der Waals surface area contributed by atoms with E-state index in [-0.39, 0.29) is 35.8 Å². The number of guanidine groups is 1. The highest BCUT2D eigenvalue weighted by molar-refractivity contribution is 14.0. The van der Waals surface area contributed by atoms with E-state index in [0.29, 0.717) is 18.7 Å². The number of nitrogens with zero attached hydrogens (tertiary/aromatic N) is 2. The Balaban J connectivity index is 0.00000288. The monoisotopic (exact) mass is 449 g/mol. The Labute approximate surface area is 160 Å². The van der Waals surface area contributed by atoms with Gasteiger partial charge in [-0.15, -0.1) is 24.0 Å². The zero-order valence-electron chi connectivity index (χ0n) is 14.4. The summed E-state index contributed by atoms with van der Waals surface area (Å²) in [6.45, 7) is 5.10. The van der Waals surface area contributed by atoms with Gasteiger partial charge >= 0.3 is 0 Å². The van der Waals surface area contributed by atoms with Crippen LogP contribution in [0.2, 0.25) is 0 Å². The van der Waals surface area contributed by atoms with Crippen molar-refractivity contribution in [2.45, 2.75) is 32.3 Å². The zero-order valence-corrected chi connectivity index (χ0v) is 16.7. The summed E-state index contributed by atoms with van der Waals surface area (Å²) >= 11 is 0. The molecule has 0 bridgehead atoms. The number of ether oxygens (including phenoxy) is 1. The third-order valence-electron chi connectivity index (χ3n) is 4.03. The summed E-state index contributed by atoms with van der Waals surface area (Å²) in [4.78, 5) is 6.83. The van der Waals surface area contributed by atoms with Crippen molar-refractivity contribution in [2.75, 3.05) is 33.3 Å². The van der Waals surface area contributed by atoms with E-state index in [4.69, 9.17) is 4.74 Å². The van der Waals surface area contributed by atoms with E-state index in [0.717, 1.165) is 44.0 Å². The number of aliphatic hydroxyl groups is 1. The molecule has 3 N–H and O–H groups in total. The van der Waals surface area contributed by atoms with Gasteiger partial charge in [0.15, 0.2) is 5.96 Å². The molecule has 2 rings (SSSR count). The number of halogens is 1. The van der Waals surface area contributed by atoms with Gasteiger partial charge in [-0.2, -0.15) is 0 Å². The van der Waals surface area contributed by atoms with Crippen LogP contribution in [0.5, 0.6) is 11.5 Å². The molecule has 1 aromatic carbocycles. The van der Waals surface area contributed by atoms with E-state index in [1.807, 2.05) is 19.1 Å². The van der Waals surface area contributed by atoms with Crippen LogP contribution in [-0.2, 0) is 6.42 Å². The lowest BCUT2D eigenvalue weighted by atomic mass is 10.1. The number of methoxy groups -OCH3 is 1. The number of aliphatic hydroxyl groups excluding tert-OH is 1. The van der Waals surface area contributed by atoms with Gasteiger partial charge in [0.1, 0.15) is 11.5 Å². The van der Waals surface area contributed by atoms with Crippen LogP contribution < -0.4 is 10.1 Å². The maximum Gasteiger partial charge on any atom is 0.193 e. The summed E-state index contributed by atoms with van der Waals surface area (Å²) in [5.74, 6) is 1.77. The first-order valence-electron chi connectivity index (χ1n) is 8.21. The standard InChI is InChI=1S/C17H27N3O3.HI/c1-3-18-17(20-10-7-14(21)8-11-20)19-9-6-13-4-5-15(23-2)12-16(13)22;/h4-5,12,14,21-22H,3,6-11H2,1-2H3,(H,18,19);1H. The largest absolute Gasteiger partial charge is 0.508 e. The van der Waals surface area contributed by atoms with E-state index in [9.17, 15) is 10.2 Å². The first-order valence-corrected chi connectivity index (χ1v) is 8.21. The SMILES string of the molecule is CCNC(=NCCc1ccc(OC)cc1O)N1CCC(O)CC1.I. The highest BCUT2D eigenvalue weighted by Crippen LogP contribution is 2.23. The first kappa shape index (κ1) is 20.8. The minimum atomic E-state index is -0.189. The molecule has 0 amide bonds. The molecule has 1 aliphatic rings. The number of nitrogens with one attached hydrogen (secondary N) is 1. The Hall–Kier alpha value is -1.22. The molecule has 136 valence electrons. The van der Waals surface area contributed by atoms with Crippen molar-refractivity contribution in [3.63, 3.8) is 0 Å². The van der Waals surface area contributed by atoms with Crippen molar-refractivity contribution in [3.8, 4) is 11.5 Å². The zero-order chi connectivity index (χ0) is 16.7. The Bertz CT molecular complexity index is 532. The molecule has 1 heterocycles. The van der Waals surface area contributed by atoms with Crippen LogP contribution in [0, 0.1) is 0 Å². The highest BCUT2D eigenvalue weighted by Gasteiger charge is 2.19. The molecule has 1 fully saturated rings. The lowest BCUT2D eigenvalue weighted by Crippen LogP contribution is -2.46. The summed E-state index contributed by atoms with van der Waals surface area (Å²) in [6.07, 6.45) is 2.04. The second-order valence-corrected chi connectivity index (χ2v) is 5.70. The Morgan fingerprint density at radius 3 is 2.67 bits per heavy atom. The third-order valence-corrected chi connectivity index (χ3v) is 4.03. The topological polar surface area (TPSA) is 77.3 Å². The summed E-state index contributed by atoms with van der Waals surface area (Å²) in [5.41, 5.74) is 0.861. The molecule has 1 saturated heterocycles. The summed E-state index contributed by atoms with van der Waals surface area (Å²) < 4.78 is 5.09. The fourth-order valence-corrected chi connectivity index (χ4v) is 2.67. The molecule has 1 aliphatic heterocycles. The molecule has 7 heteroatoms. The van der Waals surface area contributed by atoms with E-state index in [1.54, 1.807) is 13.2 Å². The van der Waals surface area contributed by atoms with Gasteiger partial charge in [-0.05, 0) is 37.8 Å². The fourth-order valence-electron chi connectivity index (χ4n) is 2.67. The molecule has 0 aromatic heterocycles. The number of benzene rings is 1. The van der Waals surface area contributed by atoms with Crippen LogP contribution in [0.4, 0.5) is 0 Å². The van der Waals surface area contributed by atoms with Gasteiger partial charge in [-0.25, -0.2) is 0 Å². The second kappa shape index (κ2) is 10.6. The van der Waals surface area contributed by atoms with Crippen LogP contribution in [0.3, 0.4) is 0 Å². The normalized spacial score (nSPS) is 15.8. The fraction of sp³-hybridized carbons (Fsp3) is 0.588. The smallest absolute Gasteiger partial charge is 0.193 e. The number of phenolic OH excluding ortho intramolecular Hbond substituents is 1. The molecular formula is C17H28IN3O3. The molecule has 0 radical (unpaired) electrons. The summed E-state index contributed by atoms with van der Waals surface area (Å²) in [5, 5.41) is 22.9. The Morgan fingerprint density at radius 2 is 2.08 bits per heavy atom. The summed E-state index contributed by atoms with van der Waals surface area (Å²) in [7, 11) is 1.58. The predicted octanol–water partition coefficient (Wildman–Crippen LogP) is 1.98. The first-order chi connectivity index (χ1) is 11.1. The number of likely N-dealkylation sites (tertiary alicyclic amines) is 1. The van der Waals surface area contributed by atoms with Gasteiger partial charge in [0.2, 0.25) is 0 Å². The van der Waals surface area contributed by atoms with Crippen LogP contribution in [0.15, 0.2) is 23.2 Å². The minimum Gasteiger partial charge on any atom is -0.508 e. The molecule has 1 aromatic rings. The molecular weight excluding hydrogens is 421 g/mol. The molecule has 24 heavy (non-hydrogen) atoms. The van der Waals surface area contributed by atoms with Gasteiger partial charge in [0.25, 0.3) is 0 Å². The molecule has 6 nitrogen and oxygen atoms in total. The number of aliphatic imine (C=N–C) groups is 1. The molecule has 0 unspecified atom stereocenters. The number of hydrogen-bond acceptors (Lipinski definition) is 4. The van der Waals surface area contributed by atoms with Crippen molar-refractivity contribution < 1.29 is 14.9 Å². The van der Waals surface area contributed by atoms with Gasteiger partial charge < -0.3 is 25.2 Å². The van der Waals surface area contributed by atoms with Crippen LogP contribution in [0.25, 0.3) is 0 Å². The lowest BCUT2D eigenvalue weighted by Gasteiger charge is -2.32. The van der Waals surface area contributed by atoms with Gasteiger partial charge in [0, 0.05) is 32.2 Å². The molecule has 0 spiro atoms. The number of piperidine rings is 1. The Kier molecular flexibility index (Phi) is 9.20. The average molecular weight is 449 g/mol. The maximum atomic E-state index is 9.99. The van der Waals surface area contributed by atoms with Crippen molar-refractivity contribution >= 4 is 29.9 Å². The van der Waals surface area contributed by atoms with E-state index >= 15 is 0 Å². The van der Waals surface area contributed by atoms with E-state index in [2.05, 4.69) is 15.2 Å². The number of phenols is 1. The van der Waals surface area contributed by atoms with Gasteiger partial charge in [-0.3, -0.25) is 4.99 Å². The molecule has 0 aliphatic carbocycles. The van der Waals surface area contributed by atoms with Crippen molar-refractivity contribution in [2.24, 2.45) is 4.99 Å². The third kappa shape index (κ3) is 6.01. The number of rotatable bonds is 5. The lowest BCUT2D eigenvalue weighted by molar-refractivity contribution is 0.108. The van der Waals surface area contributed by atoms with E-state index < -0.39 is 0 Å². The van der Waals surface area contributed by atoms with Crippen LogP contribution in [0.1, 0.15) is 25.3 Å². The number of hydrogen-bond donors (Lipinski definition) is 3. The maximum absolute atomic E-state index is 9.99. The average Bonchev–Trinajstić information content (AvgIpc) is 2.56. The Morgan fingerprint density at radius 1 is 1.38 bits per heavy atom. The highest BCUT2D eigenvalue weighted by atomic mass is 127. The predicted molar refractivity (Wildman–Crippen MR) is 107 cm³/mol. The van der Waals surface area contributed by atoms with Crippen molar-refractivity contribution in [3.05, 3.63) is 23.8 Å². The van der Waals surface area contributed by atoms with Gasteiger partial charge in [0.05, 0.1) is 13.2 Å². The van der Waals surface area contributed by atoms with Gasteiger partial charge in [-0.1, -0.05) is 6.07 Å². The molecule has 0 saturated carbocycles. The van der Waals surface area contributed by atoms with Crippen LogP contribution in [-0.4, -0.2) is 60.5 Å². The van der Waals surface area contributed by atoms with E-state index in [1.165, 1.54) is 0 Å².